The van der Waals surface area contributed by atoms with Gasteiger partial charge in [-0.1, -0.05) is 88.4 Å². The molecule has 0 nitrogen and oxygen atoms in total. The molecule has 1 saturated carbocycles. The summed E-state index contributed by atoms with van der Waals surface area (Å²) in [5, 5.41) is 0.196. The van der Waals surface area contributed by atoms with Gasteiger partial charge in [-0.15, -0.1) is 0 Å². The van der Waals surface area contributed by atoms with Crippen LogP contribution in [0.2, 0.25) is 69.0 Å². The Morgan fingerprint density at radius 3 is 1.30 bits per heavy atom. The van der Waals surface area contributed by atoms with Crippen molar-refractivity contribution in [3.8, 4) is 0 Å². The van der Waals surface area contributed by atoms with E-state index < -0.39 is 63.9 Å². The Balaban J connectivity index is 2.27. The Kier molecular flexibility index (Phi) is 5.20. The van der Waals surface area contributed by atoms with E-state index in [2.05, 4.69) is 77.2 Å². The molecular weight excluding hydrogens is 480 g/mol. The first-order valence-corrected chi connectivity index (χ1v) is 22.0. The zero-order valence-corrected chi connectivity index (χ0v) is 23.9. The molecule has 0 bridgehead atoms. The summed E-state index contributed by atoms with van der Waals surface area (Å²) in [6, 6.07) is 0. The lowest BCUT2D eigenvalue weighted by atomic mass is 9.44. The SMILES string of the molecule is C[Si](C)(C)C1=C(c2c(F)c(F)c(F)c(F)c2F)[C@]2([Si](C)(C)C)C3C=CC=CC3[C@]12[Si](C)(C)C. The first kappa shape index (κ1) is 24.9. The van der Waals surface area contributed by atoms with Crippen LogP contribution in [0.15, 0.2) is 29.5 Å². The zero-order valence-electron chi connectivity index (χ0n) is 20.9. The van der Waals surface area contributed by atoms with Crippen molar-refractivity contribution in [2.24, 2.45) is 11.8 Å². The number of fused-ring (bicyclic) bond motifs is 4. The minimum Gasteiger partial charge on any atom is -0.203 e. The van der Waals surface area contributed by atoms with E-state index in [1.54, 1.807) is 0 Å². The van der Waals surface area contributed by atoms with Crippen molar-refractivity contribution in [3.05, 3.63) is 64.2 Å². The zero-order chi connectivity index (χ0) is 25.1. The highest BCUT2D eigenvalue weighted by atomic mass is 28.3. The number of hydrogen-bond donors (Lipinski definition) is 0. The molecule has 1 aromatic carbocycles. The molecule has 4 rings (SSSR count). The number of allylic oxidation sites excluding steroid dienone is 6. The van der Waals surface area contributed by atoms with Crippen LogP contribution in [-0.2, 0) is 0 Å². The summed E-state index contributed by atoms with van der Waals surface area (Å²) in [7, 11) is -6.59. The first-order valence-electron chi connectivity index (χ1n) is 11.5. The third-order valence-corrected chi connectivity index (χ3v) is 17.7. The van der Waals surface area contributed by atoms with Gasteiger partial charge in [-0.2, -0.15) is 0 Å². The van der Waals surface area contributed by atoms with E-state index in [9.17, 15) is 13.2 Å². The predicted molar refractivity (Wildman–Crippen MR) is 134 cm³/mol. The lowest BCUT2D eigenvalue weighted by Crippen LogP contribution is -2.79. The molecule has 0 amide bonds. The van der Waals surface area contributed by atoms with Gasteiger partial charge in [-0.25, -0.2) is 22.0 Å². The first-order chi connectivity index (χ1) is 14.9. The van der Waals surface area contributed by atoms with Crippen LogP contribution in [0.5, 0.6) is 0 Å². The van der Waals surface area contributed by atoms with Gasteiger partial charge in [0.15, 0.2) is 23.3 Å². The average Bonchev–Trinajstić information content (AvgIpc) is 2.63. The molecular formula is C25H33F5Si3. The summed E-state index contributed by atoms with van der Waals surface area (Å²) in [6.07, 6.45) is 8.38. The topological polar surface area (TPSA) is 0 Å². The van der Waals surface area contributed by atoms with Crippen LogP contribution >= 0.6 is 0 Å². The lowest BCUT2D eigenvalue weighted by Gasteiger charge is -2.85. The van der Waals surface area contributed by atoms with Gasteiger partial charge in [0.05, 0.1) is 29.8 Å². The molecule has 8 heteroatoms. The smallest absolute Gasteiger partial charge is 0.200 e. The van der Waals surface area contributed by atoms with Crippen LogP contribution in [0.3, 0.4) is 0 Å². The predicted octanol–water partition coefficient (Wildman–Crippen LogP) is 8.56. The Bertz CT molecular complexity index is 1120. The molecule has 180 valence electrons. The van der Waals surface area contributed by atoms with Gasteiger partial charge >= 0.3 is 0 Å². The molecule has 0 spiro atoms. The molecule has 2 unspecified atom stereocenters. The van der Waals surface area contributed by atoms with Crippen LogP contribution < -0.4 is 0 Å². The number of rotatable bonds is 4. The summed E-state index contributed by atoms with van der Waals surface area (Å²) in [4.78, 5) is 0. The minimum absolute atomic E-state index is 0.00553. The highest BCUT2D eigenvalue weighted by molar-refractivity contribution is 6.96. The van der Waals surface area contributed by atoms with E-state index in [0.717, 1.165) is 5.20 Å². The maximum absolute atomic E-state index is 15.4. The highest BCUT2D eigenvalue weighted by Crippen LogP contribution is 2.96. The second kappa shape index (κ2) is 6.91. The molecule has 0 aliphatic heterocycles. The summed E-state index contributed by atoms with van der Waals surface area (Å²) in [5.74, 6) is -8.95. The lowest BCUT2D eigenvalue weighted by molar-refractivity contribution is 0.115. The largest absolute Gasteiger partial charge is 0.203 e. The van der Waals surface area contributed by atoms with Crippen LogP contribution in [-0.4, -0.2) is 24.2 Å². The van der Waals surface area contributed by atoms with Crippen LogP contribution in [0.4, 0.5) is 22.0 Å². The van der Waals surface area contributed by atoms with E-state index in [0.29, 0.717) is 5.57 Å². The van der Waals surface area contributed by atoms with Crippen molar-refractivity contribution in [2.45, 2.75) is 69.0 Å². The number of halogens is 5. The van der Waals surface area contributed by atoms with Crippen molar-refractivity contribution >= 4 is 29.8 Å². The van der Waals surface area contributed by atoms with Crippen molar-refractivity contribution < 1.29 is 22.0 Å². The maximum atomic E-state index is 15.4. The fourth-order valence-corrected chi connectivity index (χ4v) is 22.7. The maximum Gasteiger partial charge on any atom is 0.200 e. The summed E-state index contributed by atoms with van der Waals surface area (Å²) >= 11 is 0. The standard InChI is InChI=1S/C25H33F5Si3/c1-31(2,3)23-17(16-18(26)20(28)22(30)21(29)19(16)27)24(32(4,5)6)14-12-10-11-13-15(14)25(23,24)33(7,8)9/h10-15H,1-9H3/t14?,15?,24-,25+/m1/s1. The molecule has 0 radical (unpaired) electrons. The summed E-state index contributed by atoms with van der Waals surface area (Å²) in [6.45, 7) is 19.9. The van der Waals surface area contributed by atoms with Gasteiger partial charge in [0.2, 0.25) is 5.82 Å². The molecule has 33 heavy (non-hydrogen) atoms. The van der Waals surface area contributed by atoms with Crippen LogP contribution in [0.1, 0.15) is 5.56 Å². The summed E-state index contributed by atoms with van der Waals surface area (Å²) < 4.78 is 73.9. The molecule has 4 atom stereocenters. The molecule has 0 saturated heterocycles. The van der Waals surface area contributed by atoms with Crippen LogP contribution in [0.25, 0.3) is 5.57 Å². The third kappa shape index (κ3) is 2.60. The van der Waals surface area contributed by atoms with E-state index in [4.69, 9.17) is 0 Å². The van der Waals surface area contributed by atoms with Gasteiger partial charge in [-0.3, -0.25) is 0 Å². The monoisotopic (exact) mass is 512 g/mol. The number of hydrogen-bond acceptors (Lipinski definition) is 0. The molecule has 0 N–H and O–H groups in total. The van der Waals surface area contributed by atoms with E-state index in [1.165, 1.54) is 0 Å². The van der Waals surface area contributed by atoms with Gasteiger partial charge < -0.3 is 0 Å². The van der Waals surface area contributed by atoms with Gasteiger partial charge in [0, 0.05) is 5.04 Å². The molecule has 3 aliphatic rings. The fourth-order valence-electron chi connectivity index (χ4n) is 7.97. The van der Waals surface area contributed by atoms with E-state index in [1.807, 2.05) is 6.08 Å². The van der Waals surface area contributed by atoms with Crippen molar-refractivity contribution in [1.82, 2.24) is 0 Å². The van der Waals surface area contributed by atoms with Gasteiger partial charge in [0.1, 0.15) is 0 Å². The van der Waals surface area contributed by atoms with E-state index >= 15 is 8.78 Å². The van der Waals surface area contributed by atoms with Crippen molar-refractivity contribution in [3.63, 3.8) is 0 Å². The second-order valence-corrected chi connectivity index (χ2v) is 28.5. The van der Waals surface area contributed by atoms with Crippen LogP contribution in [0, 0.1) is 40.9 Å². The average molecular weight is 513 g/mol. The third-order valence-electron chi connectivity index (χ3n) is 8.37. The fraction of sp³-hybridized carbons (Fsp3) is 0.520. The molecule has 0 aromatic heterocycles. The van der Waals surface area contributed by atoms with Crippen molar-refractivity contribution in [2.75, 3.05) is 0 Å². The quantitative estimate of drug-likeness (QED) is 0.164. The molecule has 3 aliphatic carbocycles. The number of benzene rings is 1. The Hall–Kier alpha value is -1.26. The molecule has 1 aromatic rings. The normalized spacial score (nSPS) is 31.2. The Morgan fingerprint density at radius 2 is 0.939 bits per heavy atom. The van der Waals surface area contributed by atoms with Gasteiger partial charge in [0.25, 0.3) is 0 Å². The Morgan fingerprint density at radius 1 is 0.576 bits per heavy atom. The second-order valence-electron chi connectivity index (χ2n) is 12.9. The van der Waals surface area contributed by atoms with Crippen molar-refractivity contribution in [1.29, 1.82) is 0 Å². The molecule has 1 fully saturated rings. The minimum atomic E-state index is -2.28. The summed E-state index contributed by atoms with van der Waals surface area (Å²) in [5.41, 5.74) is -0.209. The van der Waals surface area contributed by atoms with Gasteiger partial charge in [-0.05, 0) is 22.4 Å². The highest BCUT2D eigenvalue weighted by Gasteiger charge is 2.86. The Labute approximate surface area is 196 Å². The van der Waals surface area contributed by atoms with E-state index in [-0.39, 0.29) is 16.9 Å². The molecule has 0 heterocycles.